The van der Waals surface area contributed by atoms with E-state index in [1.165, 1.54) is 17.7 Å². The first-order valence-electron chi connectivity index (χ1n) is 11.2. The van der Waals surface area contributed by atoms with Crippen molar-refractivity contribution in [1.29, 1.82) is 0 Å². The van der Waals surface area contributed by atoms with Crippen molar-refractivity contribution < 1.29 is 9.59 Å². The molecule has 176 valence electrons. The summed E-state index contributed by atoms with van der Waals surface area (Å²) in [5.41, 5.74) is 0.366. The highest BCUT2D eigenvalue weighted by atomic mass is 16.2. The first kappa shape index (κ1) is 24.0. The lowest BCUT2D eigenvalue weighted by atomic mass is 10.2. The molecular weight excluding hydrogens is 424 g/mol. The molecule has 3 aromatic rings. The number of nitrogens with zero attached hydrogens (tertiary/aromatic N) is 4. The molecule has 33 heavy (non-hydrogen) atoms. The van der Waals surface area contributed by atoms with E-state index >= 15 is 0 Å². The summed E-state index contributed by atoms with van der Waals surface area (Å²) >= 11 is 0. The van der Waals surface area contributed by atoms with Gasteiger partial charge in [0.25, 0.3) is 11.5 Å². The predicted octanol–water partition coefficient (Wildman–Crippen LogP) is 1.96. The van der Waals surface area contributed by atoms with Gasteiger partial charge >= 0.3 is 5.69 Å². The topological polar surface area (TPSA) is 120 Å². The Morgan fingerprint density at radius 3 is 2.45 bits per heavy atom. The number of imidazole rings is 1. The summed E-state index contributed by atoms with van der Waals surface area (Å²) in [7, 11) is 1.52. The summed E-state index contributed by atoms with van der Waals surface area (Å²) in [6.07, 6.45) is 5.00. The Balaban J connectivity index is 1.98. The van der Waals surface area contributed by atoms with Crippen LogP contribution in [0.2, 0.25) is 0 Å². The van der Waals surface area contributed by atoms with Crippen LogP contribution >= 0.6 is 0 Å². The molecule has 0 radical (unpaired) electrons. The number of aryl methyl sites for hydroxylation is 2. The average molecular weight is 455 g/mol. The van der Waals surface area contributed by atoms with Gasteiger partial charge in [0.05, 0.1) is 6.33 Å². The highest BCUT2D eigenvalue weighted by Gasteiger charge is 2.19. The second-order valence-electron chi connectivity index (χ2n) is 7.85. The molecule has 2 N–H and O–H groups in total. The van der Waals surface area contributed by atoms with Crippen molar-refractivity contribution in [3.63, 3.8) is 0 Å². The van der Waals surface area contributed by atoms with E-state index in [0.29, 0.717) is 35.5 Å². The number of carbonyl (C=O) groups is 2. The Morgan fingerprint density at radius 2 is 1.76 bits per heavy atom. The number of unbranched alkanes of at least 4 members (excludes halogenated alkanes) is 2. The Morgan fingerprint density at radius 1 is 1.03 bits per heavy atom. The number of anilines is 1. The first-order valence-corrected chi connectivity index (χ1v) is 11.2. The molecule has 2 aromatic heterocycles. The molecular formula is C23H30N6O4. The molecule has 10 heteroatoms. The summed E-state index contributed by atoms with van der Waals surface area (Å²) in [5, 5.41) is 5.19. The van der Waals surface area contributed by atoms with E-state index in [1.54, 1.807) is 29.1 Å². The molecule has 0 saturated carbocycles. The van der Waals surface area contributed by atoms with Gasteiger partial charge in [0.15, 0.2) is 11.2 Å². The second-order valence-corrected chi connectivity index (χ2v) is 7.85. The number of nitrogens with one attached hydrogen (secondary N) is 2. The van der Waals surface area contributed by atoms with Gasteiger partial charge in [-0.3, -0.25) is 19.0 Å². The van der Waals surface area contributed by atoms with Gasteiger partial charge in [0, 0.05) is 31.4 Å². The Kier molecular flexibility index (Phi) is 7.81. The number of aromatic nitrogens is 4. The zero-order valence-corrected chi connectivity index (χ0v) is 19.3. The van der Waals surface area contributed by atoms with Crippen molar-refractivity contribution >= 4 is 28.7 Å². The van der Waals surface area contributed by atoms with Crippen LogP contribution in [0.4, 0.5) is 5.69 Å². The van der Waals surface area contributed by atoms with Crippen LogP contribution in [0.5, 0.6) is 0 Å². The van der Waals surface area contributed by atoms with E-state index in [4.69, 9.17) is 0 Å². The molecule has 0 saturated heterocycles. The lowest BCUT2D eigenvalue weighted by molar-refractivity contribution is -0.116. The molecule has 10 nitrogen and oxygen atoms in total. The molecule has 0 aliphatic carbocycles. The quantitative estimate of drug-likeness (QED) is 0.485. The number of hydrogen-bond acceptors (Lipinski definition) is 5. The lowest BCUT2D eigenvalue weighted by Gasteiger charge is -2.13. The van der Waals surface area contributed by atoms with E-state index in [0.717, 1.165) is 30.3 Å². The summed E-state index contributed by atoms with van der Waals surface area (Å²) in [6.45, 7) is 4.64. The Hall–Kier alpha value is -3.69. The smallest absolute Gasteiger partial charge is 0.333 e. The zero-order chi connectivity index (χ0) is 24.0. The van der Waals surface area contributed by atoms with Crippen molar-refractivity contribution in [2.45, 2.75) is 59.2 Å². The van der Waals surface area contributed by atoms with Gasteiger partial charge in [-0.2, -0.15) is 0 Å². The van der Waals surface area contributed by atoms with Crippen LogP contribution in [0, 0.1) is 0 Å². The van der Waals surface area contributed by atoms with Gasteiger partial charge < -0.3 is 15.2 Å². The summed E-state index contributed by atoms with van der Waals surface area (Å²) in [4.78, 5) is 55.3. The van der Waals surface area contributed by atoms with Gasteiger partial charge in [-0.25, -0.2) is 14.3 Å². The van der Waals surface area contributed by atoms with Crippen molar-refractivity contribution in [3.05, 3.63) is 57.0 Å². The van der Waals surface area contributed by atoms with Gasteiger partial charge in [-0.1, -0.05) is 32.8 Å². The van der Waals surface area contributed by atoms with Crippen LogP contribution in [0.1, 0.15) is 49.9 Å². The highest BCUT2D eigenvalue weighted by molar-refractivity contribution is 5.97. The Labute approximate surface area is 191 Å². The fraction of sp³-hybridized carbons (Fsp3) is 0.435. The number of amides is 2. The molecule has 0 atom stereocenters. The maximum absolute atomic E-state index is 13.2. The van der Waals surface area contributed by atoms with E-state index in [-0.39, 0.29) is 5.91 Å². The van der Waals surface area contributed by atoms with Gasteiger partial charge in [-0.15, -0.1) is 0 Å². The molecule has 0 fully saturated rings. The largest absolute Gasteiger partial charge is 0.355 e. The SMILES string of the molecule is CCCCn1cnc2c1c(=O)n(CC(=O)Nc1cccc(C(=O)NC)c1)c(=O)n2CCCC. The third-order valence-corrected chi connectivity index (χ3v) is 5.41. The predicted molar refractivity (Wildman–Crippen MR) is 127 cm³/mol. The highest BCUT2D eigenvalue weighted by Crippen LogP contribution is 2.12. The van der Waals surface area contributed by atoms with Crippen molar-refractivity contribution in [1.82, 2.24) is 24.0 Å². The fourth-order valence-electron chi connectivity index (χ4n) is 3.62. The van der Waals surface area contributed by atoms with Crippen molar-refractivity contribution in [2.24, 2.45) is 0 Å². The van der Waals surface area contributed by atoms with Crippen molar-refractivity contribution in [2.75, 3.05) is 12.4 Å². The van der Waals surface area contributed by atoms with Crippen molar-refractivity contribution in [3.8, 4) is 0 Å². The zero-order valence-electron chi connectivity index (χ0n) is 19.3. The van der Waals surface area contributed by atoms with E-state index in [2.05, 4.69) is 22.5 Å². The fourth-order valence-corrected chi connectivity index (χ4v) is 3.62. The number of carbonyl (C=O) groups excluding carboxylic acids is 2. The molecule has 0 bridgehead atoms. The van der Waals surface area contributed by atoms with Gasteiger partial charge in [0.1, 0.15) is 6.54 Å². The first-order chi connectivity index (χ1) is 15.9. The molecule has 0 aliphatic heterocycles. The Bertz CT molecular complexity index is 1270. The number of rotatable bonds is 10. The number of hydrogen-bond donors (Lipinski definition) is 2. The summed E-state index contributed by atoms with van der Waals surface area (Å²) < 4.78 is 4.19. The lowest BCUT2D eigenvalue weighted by Crippen LogP contribution is -2.43. The minimum atomic E-state index is -0.559. The van der Waals surface area contributed by atoms with Gasteiger partial charge in [-0.05, 0) is 31.0 Å². The monoisotopic (exact) mass is 454 g/mol. The minimum absolute atomic E-state index is 0.285. The maximum Gasteiger partial charge on any atom is 0.333 e. The molecule has 0 aliphatic rings. The van der Waals surface area contributed by atoms with Crippen LogP contribution in [0.25, 0.3) is 11.2 Å². The van der Waals surface area contributed by atoms with Gasteiger partial charge in [0.2, 0.25) is 5.91 Å². The molecule has 2 amide bonds. The molecule has 1 aromatic carbocycles. The third kappa shape index (κ3) is 5.21. The van der Waals surface area contributed by atoms with E-state index in [9.17, 15) is 19.2 Å². The molecule has 3 rings (SSSR count). The number of benzene rings is 1. The van der Waals surface area contributed by atoms with Crippen LogP contribution in [0.3, 0.4) is 0 Å². The second kappa shape index (κ2) is 10.8. The summed E-state index contributed by atoms with van der Waals surface area (Å²) in [6, 6.07) is 6.43. The van der Waals surface area contributed by atoms with E-state index < -0.39 is 23.7 Å². The molecule has 2 heterocycles. The average Bonchev–Trinajstić information content (AvgIpc) is 3.24. The molecule has 0 spiro atoms. The molecule has 0 unspecified atom stereocenters. The van der Waals surface area contributed by atoms with Crippen LogP contribution in [-0.2, 0) is 24.4 Å². The minimum Gasteiger partial charge on any atom is -0.355 e. The number of fused-ring (bicyclic) bond motifs is 1. The van der Waals surface area contributed by atoms with Crippen LogP contribution < -0.4 is 21.9 Å². The summed E-state index contributed by atoms with van der Waals surface area (Å²) in [5.74, 6) is -0.823. The van der Waals surface area contributed by atoms with Crippen LogP contribution in [-0.4, -0.2) is 37.5 Å². The third-order valence-electron chi connectivity index (χ3n) is 5.41. The van der Waals surface area contributed by atoms with E-state index in [1.807, 2.05) is 6.92 Å². The maximum atomic E-state index is 13.2. The normalized spacial score (nSPS) is 11.0. The standard InChI is InChI=1S/C23H30N6O4/c1-4-6-11-27-15-25-20-19(27)22(32)29(23(33)28(20)12-7-5-2)14-18(30)26-17-10-8-9-16(13-17)21(31)24-3/h8-10,13,15H,4-7,11-12,14H2,1-3H3,(H,24,31)(H,26,30). The van der Waals surface area contributed by atoms with Crippen LogP contribution in [0.15, 0.2) is 40.2 Å².